The van der Waals surface area contributed by atoms with Crippen molar-refractivity contribution in [3.8, 4) is 0 Å². The van der Waals surface area contributed by atoms with Gasteiger partial charge in [-0.05, 0) is 24.7 Å². The van der Waals surface area contributed by atoms with Crippen LogP contribution in [0.25, 0.3) is 11.0 Å². The Labute approximate surface area is 107 Å². The summed E-state index contributed by atoms with van der Waals surface area (Å²) >= 11 is 0. The van der Waals surface area contributed by atoms with Crippen LogP contribution in [0.15, 0.2) is 23.1 Å². The van der Waals surface area contributed by atoms with Crippen molar-refractivity contribution in [1.82, 2.24) is 14.9 Å². The molecule has 2 rings (SSSR count). The third-order valence-corrected chi connectivity index (χ3v) is 4.02. The second-order valence-corrected chi connectivity index (χ2v) is 6.31. The van der Waals surface area contributed by atoms with Crippen molar-refractivity contribution < 1.29 is 8.42 Å². The molecule has 1 aromatic carbocycles. The van der Waals surface area contributed by atoms with E-state index in [9.17, 15) is 8.42 Å². The summed E-state index contributed by atoms with van der Waals surface area (Å²) < 4.78 is 25.0. The number of hydrogen-bond acceptors (Lipinski definition) is 4. The minimum atomic E-state index is -3.18. The van der Waals surface area contributed by atoms with E-state index in [1.807, 2.05) is 18.5 Å². The first kappa shape index (κ1) is 13.0. The summed E-state index contributed by atoms with van der Waals surface area (Å²) in [4.78, 5) is 4.77. The van der Waals surface area contributed by atoms with Crippen LogP contribution >= 0.6 is 0 Å². The quantitative estimate of drug-likeness (QED) is 0.900. The van der Waals surface area contributed by atoms with Crippen LogP contribution in [0, 0.1) is 0 Å². The van der Waals surface area contributed by atoms with Gasteiger partial charge in [0.25, 0.3) is 0 Å². The van der Waals surface area contributed by atoms with Crippen LogP contribution in [0.5, 0.6) is 0 Å². The molecule has 0 radical (unpaired) electrons. The number of imidazole rings is 1. The Bertz CT molecular complexity index is 674. The van der Waals surface area contributed by atoms with E-state index in [4.69, 9.17) is 0 Å². The summed E-state index contributed by atoms with van der Waals surface area (Å²) in [6.45, 7) is 3.58. The fraction of sp³-hybridized carbons (Fsp3) is 0.417. The highest BCUT2D eigenvalue weighted by molar-refractivity contribution is 7.90. The molecule has 0 aliphatic carbocycles. The molecule has 0 spiro atoms. The second-order valence-electron chi connectivity index (χ2n) is 4.29. The van der Waals surface area contributed by atoms with E-state index in [1.54, 1.807) is 18.2 Å². The van der Waals surface area contributed by atoms with Gasteiger partial charge in [0.2, 0.25) is 0 Å². The Morgan fingerprint density at radius 1 is 1.39 bits per heavy atom. The van der Waals surface area contributed by atoms with Gasteiger partial charge < -0.3 is 9.88 Å². The van der Waals surface area contributed by atoms with Gasteiger partial charge in [0.1, 0.15) is 5.82 Å². The zero-order chi connectivity index (χ0) is 13.3. The van der Waals surface area contributed by atoms with Gasteiger partial charge in [-0.1, -0.05) is 6.92 Å². The summed E-state index contributed by atoms with van der Waals surface area (Å²) in [7, 11) is -1.25. The summed E-state index contributed by atoms with van der Waals surface area (Å²) in [6, 6.07) is 5.05. The van der Waals surface area contributed by atoms with E-state index in [0.29, 0.717) is 17.0 Å². The fourth-order valence-electron chi connectivity index (χ4n) is 1.86. The van der Waals surface area contributed by atoms with E-state index < -0.39 is 9.84 Å². The van der Waals surface area contributed by atoms with Crippen molar-refractivity contribution in [2.24, 2.45) is 7.05 Å². The molecule has 0 aliphatic heterocycles. The molecule has 0 saturated heterocycles. The maximum absolute atomic E-state index is 11.5. The topological polar surface area (TPSA) is 64.0 Å². The Kier molecular flexibility index (Phi) is 3.41. The predicted molar refractivity (Wildman–Crippen MR) is 71.2 cm³/mol. The van der Waals surface area contributed by atoms with Gasteiger partial charge in [-0.2, -0.15) is 0 Å². The van der Waals surface area contributed by atoms with Gasteiger partial charge in [-0.3, -0.25) is 0 Å². The highest BCUT2D eigenvalue weighted by Crippen LogP contribution is 2.19. The molecule has 0 saturated carbocycles. The van der Waals surface area contributed by atoms with Crippen LogP contribution < -0.4 is 5.32 Å². The van der Waals surface area contributed by atoms with Gasteiger partial charge in [0.05, 0.1) is 22.5 Å². The van der Waals surface area contributed by atoms with Crippen molar-refractivity contribution >= 4 is 20.9 Å². The summed E-state index contributed by atoms with van der Waals surface area (Å²) in [5.74, 6) is 0.900. The number of aryl methyl sites for hydroxylation is 1. The predicted octanol–water partition coefficient (Wildman–Crippen LogP) is 1.09. The van der Waals surface area contributed by atoms with Gasteiger partial charge in [-0.25, -0.2) is 13.4 Å². The van der Waals surface area contributed by atoms with Crippen LogP contribution in [0.4, 0.5) is 0 Å². The van der Waals surface area contributed by atoms with Crippen molar-refractivity contribution in [2.75, 3.05) is 12.8 Å². The number of fused-ring (bicyclic) bond motifs is 1. The number of aromatic nitrogens is 2. The van der Waals surface area contributed by atoms with Gasteiger partial charge in [-0.15, -0.1) is 0 Å². The van der Waals surface area contributed by atoms with E-state index in [0.717, 1.165) is 17.9 Å². The first-order valence-corrected chi connectivity index (χ1v) is 7.68. The molecule has 2 aromatic rings. The van der Waals surface area contributed by atoms with Gasteiger partial charge in [0, 0.05) is 13.3 Å². The normalized spacial score (nSPS) is 12.2. The minimum absolute atomic E-state index is 0.308. The molecule has 1 N–H and O–H groups in total. The van der Waals surface area contributed by atoms with E-state index >= 15 is 0 Å². The average Bonchev–Trinajstić information content (AvgIpc) is 2.62. The standard InChI is InChI=1S/C12H17N3O2S/c1-4-13-8-12-14-10-7-9(18(3,16)17)5-6-11(10)15(12)2/h5-7,13H,4,8H2,1-3H3. The highest BCUT2D eigenvalue weighted by Gasteiger charge is 2.12. The molecule has 0 bridgehead atoms. The second kappa shape index (κ2) is 4.70. The maximum atomic E-state index is 11.5. The first-order chi connectivity index (χ1) is 8.43. The number of rotatable bonds is 4. The average molecular weight is 267 g/mol. The van der Waals surface area contributed by atoms with Gasteiger partial charge in [0.15, 0.2) is 9.84 Å². The molecule has 1 heterocycles. The number of hydrogen-bond donors (Lipinski definition) is 1. The molecular weight excluding hydrogens is 250 g/mol. The lowest BCUT2D eigenvalue weighted by molar-refractivity contribution is 0.602. The Hall–Kier alpha value is -1.40. The number of benzene rings is 1. The molecule has 0 fully saturated rings. The zero-order valence-corrected chi connectivity index (χ0v) is 11.6. The molecule has 0 aliphatic rings. The fourth-order valence-corrected chi connectivity index (χ4v) is 2.50. The first-order valence-electron chi connectivity index (χ1n) is 5.79. The van der Waals surface area contributed by atoms with Crippen molar-refractivity contribution in [2.45, 2.75) is 18.4 Å². The zero-order valence-electron chi connectivity index (χ0n) is 10.8. The van der Waals surface area contributed by atoms with Crippen LogP contribution in [0.3, 0.4) is 0 Å². The SMILES string of the molecule is CCNCc1nc2cc(S(C)(=O)=O)ccc2n1C. The molecule has 18 heavy (non-hydrogen) atoms. The largest absolute Gasteiger partial charge is 0.330 e. The van der Waals surface area contributed by atoms with E-state index in [1.165, 1.54) is 6.26 Å². The molecular formula is C12H17N3O2S. The third-order valence-electron chi connectivity index (χ3n) is 2.91. The lowest BCUT2D eigenvalue weighted by Gasteiger charge is -2.02. The molecule has 5 nitrogen and oxygen atoms in total. The Balaban J connectivity index is 2.52. The van der Waals surface area contributed by atoms with Crippen molar-refractivity contribution in [3.63, 3.8) is 0 Å². The van der Waals surface area contributed by atoms with Crippen LogP contribution in [-0.4, -0.2) is 30.8 Å². The van der Waals surface area contributed by atoms with E-state index in [2.05, 4.69) is 10.3 Å². The number of nitrogens with zero attached hydrogens (tertiary/aromatic N) is 2. The van der Waals surface area contributed by atoms with E-state index in [-0.39, 0.29) is 0 Å². The molecule has 6 heteroatoms. The molecule has 0 atom stereocenters. The Morgan fingerprint density at radius 2 is 2.11 bits per heavy atom. The number of nitrogens with one attached hydrogen (secondary N) is 1. The molecule has 0 amide bonds. The van der Waals surface area contributed by atoms with Gasteiger partial charge >= 0.3 is 0 Å². The third kappa shape index (κ3) is 2.39. The summed E-state index contributed by atoms with van der Waals surface area (Å²) in [6.07, 6.45) is 1.21. The summed E-state index contributed by atoms with van der Waals surface area (Å²) in [5, 5.41) is 3.21. The monoisotopic (exact) mass is 267 g/mol. The molecule has 98 valence electrons. The summed E-state index contributed by atoms with van der Waals surface area (Å²) in [5.41, 5.74) is 1.66. The maximum Gasteiger partial charge on any atom is 0.175 e. The smallest absolute Gasteiger partial charge is 0.175 e. The van der Waals surface area contributed by atoms with Crippen LogP contribution in [0.2, 0.25) is 0 Å². The van der Waals surface area contributed by atoms with Crippen molar-refractivity contribution in [3.05, 3.63) is 24.0 Å². The lowest BCUT2D eigenvalue weighted by atomic mass is 10.3. The van der Waals surface area contributed by atoms with Crippen LogP contribution in [-0.2, 0) is 23.4 Å². The minimum Gasteiger partial charge on any atom is -0.330 e. The lowest BCUT2D eigenvalue weighted by Crippen LogP contribution is -2.15. The molecule has 1 aromatic heterocycles. The van der Waals surface area contributed by atoms with Crippen molar-refractivity contribution in [1.29, 1.82) is 0 Å². The van der Waals surface area contributed by atoms with Crippen LogP contribution in [0.1, 0.15) is 12.7 Å². The number of sulfone groups is 1. The Morgan fingerprint density at radius 3 is 2.72 bits per heavy atom. The highest BCUT2D eigenvalue weighted by atomic mass is 32.2. The molecule has 0 unspecified atom stereocenters.